The normalized spacial score (nSPS) is 24.0. The van der Waals surface area contributed by atoms with E-state index in [1.165, 1.54) is 12.1 Å². The maximum absolute atomic E-state index is 13.1. The van der Waals surface area contributed by atoms with Crippen LogP contribution in [0.4, 0.5) is 5.69 Å². The van der Waals surface area contributed by atoms with Gasteiger partial charge in [-0.2, -0.15) is 4.99 Å². The van der Waals surface area contributed by atoms with Gasteiger partial charge in [-0.05, 0) is 56.2 Å². The standard InChI is InChI=1S/C22H26N4O4S/c1-22(15-20(27)24-19-9-5-6-14-26(19)22)21(28)23-16-10-12-18(13-11-16)31(29,30)25-17-7-3-2-4-8-17/h5-6,9-14,17,25H,2-4,7-8,15H2,1H3,(H,23,28). The van der Waals surface area contributed by atoms with Crippen LogP contribution in [0.2, 0.25) is 0 Å². The second kappa shape index (κ2) is 8.39. The zero-order valence-electron chi connectivity index (χ0n) is 17.4. The molecule has 2 amide bonds. The Morgan fingerprint density at radius 1 is 1.13 bits per heavy atom. The molecular weight excluding hydrogens is 416 g/mol. The minimum Gasteiger partial charge on any atom is -0.324 e. The van der Waals surface area contributed by atoms with Gasteiger partial charge in [0, 0.05) is 17.9 Å². The third kappa shape index (κ3) is 4.47. The van der Waals surface area contributed by atoms with Gasteiger partial charge in [-0.1, -0.05) is 25.3 Å². The molecule has 2 N–H and O–H groups in total. The van der Waals surface area contributed by atoms with E-state index in [0.29, 0.717) is 11.5 Å². The number of nitrogens with zero attached hydrogens (tertiary/aromatic N) is 2. The summed E-state index contributed by atoms with van der Waals surface area (Å²) >= 11 is 0. The Bertz CT molecular complexity index is 1070. The van der Waals surface area contributed by atoms with Gasteiger partial charge in [0.1, 0.15) is 11.4 Å². The second-order valence-corrected chi connectivity index (χ2v) is 10.0. The summed E-state index contributed by atoms with van der Waals surface area (Å²) in [5, 5.41) is 2.80. The minimum absolute atomic E-state index is 0.0237. The number of anilines is 1. The van der Waals surface area contributed by atoms with Crippen molar-refractivity contribution < 1.29 is 18.0 Å². The molecule has 3 aliphatic rings. The third-order valence-electron chi connectivity index (χ3n) is 5.94. The molecule has 1 atom stereocenters. The molecule has 0 aromatic heterocycles. The van der Waals surface area contributed by atoms with Crippen molar-refractivity contribution in [3.63, 3.8) is 0 Å². The molecule has 2 aliphatic heterocycles. The molecule has 1 unspecified atom stereocenters. The Hall–Kier alpha value is -2.78. The smallest absolute Gasteiger partial charge is 0.250 e. The lowest BCUT2D eigenvalue weighted by Gasteiger charge is -2.41. The van der Waals surface area contributed by atoms with Crippen molar-refractivity contribution >= 4 is 33.4 Å². The number of carbonyl (C=O) groups is 2. The molecule has 2 heterocycles. The van der Waals surface area contributed by atoms with Crippen LogP contribution in [0.15, 0.2) is 58.6 Å². The zero-order chi connectivity index (χ0) is 22.1. The summed E-state index contributed by atoms with van der Waals surface area (Å²) < 4.78 is 28.1. The predicted molar refractivity (Wildman–Crippen MR) is 118 cm³/mol. The Morgan fingerprint density at radius 3 is 2.55 bits per heavy atom. The van der Waals surface area contributed by atoms with E-state index in [2.05, 4.69) is 15.0 Å². The fraction of sp³-hybridized carbons (Fsp3) is 0.409. The number of allylic oxidation sites excluding steroid dienone is 2. The van der Waals surface area contributed by atoms with Gasteiger partial charge in [-0.3, -0.25) is 9.59 Å². The van der Waals surface area contributed by atoms with Crippen molar-refractivity contribution in [2.75, 3.05) is 5.32 Å². The van der Waals surface area contributed by atoms with E-state index in [1.54, 1.807) is 48.4 Å². The highest BCUT2D eigenvalue weighted by Gasteiger charge is 2.45. The first kappa shape index (κ1) is 21.5. The topological polar surface area (TPSA) is 108 Å². The first-order valence-corrected chi connectivity index (χ1v) is 12.0. The Balaban J connectivity index is 1.47. The van der Waals surface area contributed by atoms with Gasteiger partial charge in [0.2, 0.25) is 10.0 Å². The number of benzene rings is 1. The number of hydrogen-bond acceptors (Lipinski definition) is 5. The van der Waals surface area contributed by atoms with Crippen LogP contribution in [-0.4, -0.2) is 42.5 Å². The van der Waals surface area contributed by atoms with E-state index in [-0.39, 0.29) is 29.2 Å². The van der Waals surface area contributed by atoms with E-state index >= 15 is 0 Å². The SMILES string of the molecule is CC1(C(=O)Nc2ccc(S(=O)(=O)NC3CCCCC3)cc2)CC(=O)N=C2C=CC=CN21. The molecule has 1 aromatic rings. The first-order chi connectivity index (χ1) is 14.8. The number of sulfonamides is 1. The summed E-state index contributed by atoms with van der Waals surface area (Å²) in [5.74, 6) is -0.310. The Kier molecular flexibility index (Phi) is 5.81. The lowest BCUT2D eigenvalue weighted by atomic mass is 9.91. The average Bonchev–Trinajstić information content (AvgIpc) is 2.74. The van der Waals surface area contributed by atoms with E-state index < -0.39 is 15.6 Å². The highest BCUT2D eigenvalue weighted by atomic mass is 32.2. The first-order valence-electron chi connectivity index (χ1n) is 10.5. The van der Waals surface area contributed by atoms with Crippen molar-refractivity contribution in [3.8, 4) is 0 Å². The number of hydrogen-bond donors (Lipinski definition) is 2. The van der Waals surface area contributed by atoms with Crippen molar-refractivity contribution in [3.05, 3.63) is 48.7 Å². The predicted octanol–water partition coefficient (Wildman–Crippen LogP) is 2.71. The van der Waals surface area contributed by atoms with Crippen LogP contribution in [0.5, 0.6) is 0 Å². The maximum Gasteiger partial charge on any atom is 0.250 e. The number of amides is 2. The van der Waals surface area contributed by atoms with E-state index in [0.717, 1.165) is 32.1 Å². The molecule has 0 saturated heterocycles. The van der Waals surface area contributed by atoms with Crippen molar-refractivity contribution in [2.45, 2.75) is 61.9 Å². The largest absolute Gasteiger partial charge is 0.324 e. The number of nitrogens with one attached hydrogen (secondary N) is 2. The summed E-state index contributed by atoms with van der Waals surface area (Å²) in [6, 6.07) is 6.05. The monoisotopic (exact) mass is 442 g/mol. The third-order valence-corrected chi connectivity index (χ3v) is 7.48. The second-order valence-electron chi connectivity index (χ2n) is 8.32. The lowest BCUT2D eigenvalue weighted by molar-refractivity contribution is -0.130. The molecule has 1 aliphatic carbocycles. The zero-order valence-corrected chi connectivity index (χ0v) is 18.2. The summed E-state index contributed by atoms with van der Waals surface area (Å²) in [4.78, 5) is 31.0. The van der Waals surface area contributed by atoms with Gasteiger partial charge in [-0.15, -0.1) is 0 Å². The molecule has 1 fully saturated rings. The maximum atomic E-state index is 13.1. The average molecular weight is 443 g/mol. The Labute approximate surface area is 182 Å². The van der Waals surface area contributed by atoms with E-state index in [4.69, 9.17) is 0 Å². The van der Waals surface area contributed by atoms with Crippen LogP contribution >= 0.6 is 0 Å². The highest BCUT2D eigenvalue weighted by Crippen LogP contribution is 2.29. The molecule has 1 aromatic carbocycles. The lowest BCUT2D eigenvalue weighted by Crippen LogP contribution is -2.58. The summed E-state index contributed by atoms with van der Waals surface area (Å²) in [5.41, 5.74) is -0.682. The molecular formula is C22H26N4O4S. The van der Waals surface area contributed by atoms with E-state index in [1.807, 2.05) is 0 Å². The number of amidine groups is 1. The van der Waals surface area contributed by atoms with Crippen molar-refractivity contribution in [2.24, 2.45) is 4.99 Å². The number of carbonyl (C=O) groups excluding carboxylic acids is 2. The van der Waals surface area contributed by atoms with Gasteiger partial charge in [0.05, 0.1) is 11.3 Å². The van der Waals surface area contributed by atoms with Crippen molar-refractivity contribution in [1.82, 2.24) is 9.62 Å². The van der Waals surface area contributed by atoms with Crippen LogP contribution in [0, 0.1) is 0 Å². The summed E-state index contributed by atoms with van der Waals surface area (Å²) in [6.07, 6.45) is 11.8. The van der Waals surface area contributed by atoms with Gasteiger partial charge in [-0.25, -0.2) is 13.1 Å². The van der Waals surface area contributed by atoms with Crippen LogP contribution in [0.3, 0.4) is 0 Å². The molecule has 0 spiro atoms. The number of aliphatic imine (C=N–C) groups is 1. The van der Waals surface area contributed by atoms with Crippen LogP contribution in [0.1, 0.15) is 45.4 Å². The quantitative estimate of drug-likeness (QED) is 0.729. The Morgan fingerprint density at radius 2 is 1.84 bits per heavy atom. The molecule has 31 heavy (non-hydrogen) atoms. The van der Waals surface area contributed by atoms with Gasteiger partial charge in [0.25, 0.3) is 11.8 Å². The fourth-order valence-electron chi connectivity index (χ4n) is 4.17. The fourth-order valence-corrected chi connectivity index (χ4v) is 5.48. The van der Waals surface area contributed by atoms with Gasteiger partial charge in [0.15, 0.2) is 0 Å². The van der Waals surface area contributed by atoms with Crippen LogP contribution in [0.25, 0.3) is 0 Å². The molecule has 0 radical (unpaired) electrons. The minimum atomic E-state index is -3.61. The molecule has 0 bridgehead atoms. The molecule has 8 nitrogen and oxygen atoms in total. The molecule has 4 rings (SSSR count). The summed E-state index contributed by atoms with van der Waals surface area (Å²) in [7, 11) is -3.61. The molecule has 9 heteroatoms. The van der Waals surface area contributed by atoms with Gasteiger partial charge >= 0.3 is 0 Å². The number of fused-ring (bicyclic) bond motifs is 1. The van der Waals surface area contributed by atoms with Crippen LogP contribution < -0.4 is 10.0 Å². The van der Waals surface area contributed by atoms with E-state index in [9.17, 15) is 18.0 Å². The summed E-state index contributed by atoms with van der Waals surface area (Å²) in [6.45, 7) is 1.69. The molecule has 1 saturated carbocycles. The van der Waals surface area contributed by atoms with Gasteiger partial charge < -0.3 is 10.2 Å². The van der Waals surface area contributed by atoms with Crippen molar-refractivity contribution in [1.29, 1.82) is 0 Å². The number of rotatable bonds is 5. The highest BCUT2D eigenvalue weighted by molar-refractivity contribution is 7.89. The van der Waals surface area contributed by atoms with Crippen LogP contribution in [-0.2, 0) is 19.6 Å². The molecule has 164 valence electrons.